The largest absolute Gasteiger partial charge is 0.488 e. The molecule has 0 saturated heterocycles. The number of nitrogens with one attached hydrogen (secondary N) is 1. The number of para-hydroxylation sites is 1. The second-order valence-corrected chi connectivity index (χ2v) is 4.02. The van der Waals surface area contributed by atoms with Gasteiger partial charge in [0.2, 0.25) is 5.75 Å². The third-order valence-electron chi connectivity index (χ3n) is 2.62. The molecule has 0 spiro atoms. The summed E-state index contributed by atoms with van der Waals surface area (Å²) in [6, 6.07) is 5.69. The van der Waals surface area contributed by atoms with Crippen LogP contribution in [0.3, 0.4) is 0 Å². The number of nitrogens with two attached hydrogens (primary N) is 1. The van der Waals surface area contributed by atoms with Crippen molar-refractivity contribution >= 4 is 0 Å². The van der Waals surface area contributed by atoms with Gasteiger partial charge in [-0.3, -0.25) is 0 Å². The summed E-state index contributed by atoms with van der Waals surface area (Å²) in [5, 5.41) is 3.26. The molecule has 5 nitrogen and oxygen atoms in total. The first-order valence-electron chi connectivity index (χ1n) is 6.34. The molecule has 1 aromatic carbocycles. The minimum Gasteiger partial charge on any atom is -0.488 e. The summed E-state index contributed by atoms with van der Waals surface area (Å²) in [6.07, 6.45) is 0.984. The maximum absolute atomic E-state index is 5.69. The van der Waals surface area contributed by atoms with Crippen molar-refractivity contribution in [2.75, 3.05) is 39.5 Å². The molecule has 1 aliphatic heterocycles. The van der Waals surface area contributed by atoms with Crippen molar-refractivity contribution in [3.63, 3.8) is 0 Å². The van der Waals surface area contributed by atoms with Crippen LogP contribution in [0.15, 0.2) is 18.2 Å². The number of ether oxygens (including phenoxy) is 3. The van der Waals surface area contributed by atoms with Crippen LogP contribution in [0.5, 0.6) is 17.2 Å². The second-order valence-electron chi connectivity index (χ2n) is 4.02. The van der Waals surface area contributed by atoms with Gasteiger partial charge in [0.1, 0.15) is 19.8 Å². The van der Waals surface area contributed by atoms with E-state index in [-0.39, 0.29) is 0 Å². The van der Waals surface area contributed by atoms with E-state index in [0.29, 0.717) is 32.1 Å². The smallest absolute Gasteiger partial charge is 0.203 e. The summed E-state index contributed by atoms with van der Waals surface area (Å²) in [5.74, 6) is 2.22. The predicted octanol–water partition coefficient (Wildman–Crippen LogP) is 0.775. The number of hydrogen-bond acceptors (Lipinski definition) is 5. The second kappa shape index (κ2) is 7.08. The summed E-state index contributed by atoms with van der Waals surface area (Å²) in [4.78, 5) is 0. The normalized spacial score (nSPS) is 13.4. The van der Waals surface area contributed by atoms with Gasteiger partial charge in [0, 0.05) is 6.54 Å². The van der Waals surface area contributed by atoms with E-state index in [1.807, 2.05) is 18.2 Å². The maximum Gasteiger partial charge on any atom is 0.203 e. The number of hydrogen-bond donors (Lipinski definition) is 2. The molecule has 0 amide bonds. The van der Waals surface area contributed by atoms with E-state index in [9.17, 15) is 0 Å². The highest BCUT2D eigenvalue weighted by molar-refractivity contribution is 5.51. The summed E-state index contributed by atoms with van der Waals surface area (Å²) >= 11 is 0. The molecule has 1 aliphatic rings. The summed E-state index contributed by atoms with van der Waals surface area (Å²) in [5.41, 5.74) is 5.41. The van der Waals surface area contributed by atoms with Crippen LogP contribution >= 0.6 is 0 Å². The Hall–Kier alpha value is -1.46. The average molecular weight is 252 g/mol. The van der Waals surface area contributed by atoms with Crippen molar-refractivity contribution in [3.8, 4) is 17.2 Å². The van der Waals surface area contributed by atoms with Crippen LogP contribution in [0.1, 0.15) is 6.42 Å². The lowest BCUT2D eigenvalue weighted by molar-refractivity contribution is 0.162. The van der Waals surface area contributed by atoms with Gasteiger partial charge in [0.05, 0.1) is 0 Å². The maximum atomic E-state index is 5.69. The predicted molar refractivity (Wildman–Crippen MR) is 69.5 cm³/mol. The Morgan fingerprint density at radius 2 is 2.11 bits per heavy atom. The molecule has 0 radical (unpaired) electrons. The van der Waals surface area contributed by atoms with Gasteiger partial charge < -0.3 is 25.3 Å². The standard InChI is InChI=1S/C13H20N2O3/c14-5-2-6-15-7-8-16-11-3-1-4-12-13(11)18-10-9-17-12/h1,3-4,15H,2,5-10,14H2. The van der Waals surface area contributed by atoms with Gasteiger partial charge >= 0.3 is 0 Å². The molecule has 0 aromatic heterocycles. The van der Waals surface area contributed by atoms with E-state index in [2.05, 4.69) is 5.32 Å². The lowest BCUT2D eigenvalue weighted by Gasteiger charge is -2.20. The first-order valence-corrected chi connectivity index (χ1v) is 6.34. The van der Waals surface area contributed by atoms with E-state index in [4.69, 9.17) is 19.9 Å². The van der Waals surface area contributed by atoms with Crippen LogP contribution < -0.4 is 25.3 Å². The van der Waals surface area contributed by atoms with Crippen LogP contribution in [0.2, 0.25) is 0 Å². The molecule has 3 N–H and O–H groups in total. The Balaban J connectivity index is 1.79. The van der Waals surface area contributed by atoms with Crippen molar-refractivity contribution in [2.45, 2.75) is 6.42 Å². The molecule has 0 saturated carbocycles. The molecular formula is C13H20N2O3. The number of fused-ring (bicyclic) bond motifs is 1. The lowest BCUT2D eigenvalue weighted by atomic mass is 10.3. The van der Waals surface area contributed by atoms with E-state index >= 15 is 0 Å². The monoisotopic (exact) mass is 252 g/mol. The van der Waals surface area contributed by atoms with E-state index < -0.39 is 0 Å². The van der Waals surface area contributed by atoms with Crippen molar-refractivity contribution in [3.05, 3.63) is 18.2 Å². The molecule has 0 bridgehead atoms. The molecule has 0 fully saturated rings. The Kier molecular flexibility index (Phi) is 5.11. The van der Waals surface area contributed by atoms with Gasteiger partial charge in [0.25, 0.3) is 0 Å². The highest BCUT2D eigenvalue weighted by atomic mass is 16.6. The molecule has 1 heterocycles. The van der Waals surface area contributed by atoms with Gasteiger partial charge in [-0.05, 0) is 31.6 Å². The van der Waals surface area contributed by atoms with Crippen LogP contribution in [0.4, 0.5) is 0 Å². The van der Waals surface area contributed by atoms with Gasteiger partial charge in [-0.15, -0.1) is 0 Å². The quantitative estimate of drug-likeness (QED) is 0.702. The van der Waals surface area contributed by atoms with E-state index in [1.165, 1.54) is 0 Å². The zero-order valence-electron chi connectivity index (χ0n) is 10.5. The first-order chi connectivity index (χ1) is 8.92. The molecule has 0 aliphatic carbocycles. The van der Waals surface area contributed by atoms with Crippen LogP contribution in [0, 0.1) is 0 Å². The summed E-state index contributed by atoms with van der Waals surface area (Å²) < 4.78 is 16.7. The van der Waals surface area contributed by atoms with Crippen molar-refractivity contribution in [1.82, 2.24) is 5.32 Å². The zero-order chi connectivity index (χ0) is 12.6. The van der Waals surface area contributed by atoms with Crippen LogP contribution in [0.25, 0.3) is 0 Å². The third kappa shape index (κ3) is 3.51. The SMILES string of the molecule is NCCCNCCOc1cccc2c1OCCO2. The number of rotatable bonds is 7. The molecule has 18 heavy (non-hydrogen) atoms. The Morgan fingerprint density at radius 3 is 3.00 bits per heavy atom. The van der Waals surface area contributed by atoms with E-state index in [1.54, 1.807) is 0 Å². The third-order valence-corrected chi connectivity index (χ3v) is 2.62. The minimum atomic E-state index is 0.572. The molecule has 100 valence electrons. The summed E-state index contributed by atoms with van der Waals surface area (Å²) in [6.45, 7) is 4.20. The molecule has 2 rings (SSSR count). The highest BCUT2D eigenvalue weighted by Crippen LogP contribution is 2.38. The van der Waals surface area contributed by atoms with Crippen LogP contribution in [-0.2, 0) is 0 Å². The van der Waals surface area contributed by atoms with E-state index in [0.717, 1.165) is 31.0 Å². The fourth-order valence-corrected chi connectivity index (χ4v) is 1.75. The van der Waals surface area contributed by atoms with Crippen LogP contribution in [-0.4, -0.2) is 39.5 Å². The molecule has 0 atom stereocenters. The topological polar surface area (TPSA) is 65.7 Å². The van der Waals surface area contributed by atoms with Gasteiger partial charge in [-0.1, -0.05) is 6.07 Å². The van der Waals surface area contributed by atoms with Gasteiger partial charge in [-0.2, -0.15) is 0 Å². The number of benzene rings is 1. The lowest BCUT2D eigenvalue weighted by Crippen LogP contribution is -2.24. The Morgan fingerprint density at radius 1 is 1.22 bits per heavy atom. The van der Waals surface area contributed by atoms with Crippen molar-refractivity contribution < 1.29 is 14.2 Å². The highest BCUT2D eigenvalue weighted by Gasteiger charge is 2.16. The average Bonchev–Trinajstić information content (AvgIpc) is 2.43. The minimum absolute atomic E-state index is 0.572. The molecule has 1 aromatic rings. The fourth-order valence-electron chi connectivity index (χ4n) is 1.75. The molecule has 0 unspecified atom stereocenters. The van der Waals surface area contributed by atoms with Crippen molar-refractivity contribution in [2.24, 2.45) is 5.73 Å². The fraction of sp³-hybridized carbons (Fsp3) is 0.538. The Bertz CT molecular complexity index is 371. The molecule has 5 heteroatoms. The molecular weight excluding hydrogens is 232 g/mol. The first kappa shape index (κ1) is 13.0. The van der Waals surface area contributed by atoms with Gasteiger partial charge in [0.15, 0.2) is 11.5 Å². The van der Waals surface area contributed by atoms with Crippen molar-refractivity contribution in [1.29, 1.82) is 0 Å². The van der Waals surface area contributed by atoms with Gasteiger partial charge in [-0.25, -0.2) is 0 Å². The zero-order valence-corrected chi connectivity index (χ0v) is 10.5. The summed E-state index contributed by atoms with van der Waals surface area (Å²) in [7, 11) is 0. The Labute approximate surface area is 107 Å².